The highest BCUT2D eigenvalue weighted by Crippen LogP contribution is 2.27. The summed E-state index contributed by atoms with van der Waals surface area (Å²) in [6, 6.07) is 14.8. The van der Waals surface area contributed by atoms with Crippen LogP contribution in [0.5, 0.6) is 0 Å². The number of fused-ring (bicyclic) bond motifs is 4. The molecule has 36 heavy (non-hydrogen) atoms. The second-order valence-electron chi connectivity index (χ2n) is 9.83. The van der Waals surface area contributed by atoms with Crippen LogP contribution >= 0.6 is 0 Å². The zero-order chi connectivity index (χ0) is 25.3. The Bertz CT molecular complexity index is 1430. The summed E-state index contributed by atoms with van der Waals surface area (Å²) in [4.78, 5) is 14.2. The number of nitrogens with zero attached hydrogens (tertiary/aromatic N) is 3. The Morgan fingerprint density at radius 1 is 1.14 bits per heavy atom. The van der Waals surface area contributed by atoms with Crippen LogP contribution < -0.4 is 15.8 Å². The summed E-state index contributed by atoms with van der Waals surface area (Å²) in [7, 11) is -1.92. The van der Waals surface area contributed by atoms with E-state index in [0.717, 1.165) is 36.3 Å². The van der Waals surface area contributed by atoms with Crippen molar-refractivity contribution in [1.29, 1.82) is 5.26 Å². The van der Waals surface area contributed by atoms with Gasteiger partial charge in [0.25, 0.3) is 0 Å². The molecule has 3 aliphatic heterocycles. The number of nitriles is 1. The predicted octanol–water partition coefficient (Wildman–Crippen LogP) is 1.84. The summed E-state index contributed by atoms with van der Waals surface area (Å²) in [6.45, 7) is 3.66. The number of piperidine rings is 3. The van der Waals surface area contributed by atoms with E-state index in [-0.39, 0.29) is 12.2 Å². The number of aromatic nitrogens is 1. The van der Waals surface area contributed by atoms with Gasteiger partial charge in [0.05, 0.1) is 17.3 Å². The fraction of sp³-hybridized carbons (Fsp3) is 0.462. The van der Waals surface area contributed by atoms with Crippen LogP contribution in [0, 0.1) is 17.2 Å². The Kier molecular flexibility index (Phi) is 6.99. The maximum absolute atomic E-state index is 12.6. The van der Waals surface area contributed by atoms with Gasteiger partial charge in [-0.15, -0.1) is 0 Å². The van der Waals surface area contributed by atoms with Gasteiger partial charge in [0.1, 0.15) is 6.04 Å². The molecule has 0 saturated carbocycles. The molecular formula is C26H31N5O4S. The first-order valence-corrected chi connectivity index (χ1v) is 14.0. The Morgan fingerprint density at radius 2 is 1.86 bits per heavy atom. The number of hydrogen-bond acceptors (Lipinski definition) is 7. The summed E-state index contributed by atoms with van der Waals surface area (Å²) in [5.74, 6) is 0.179. The summed E-state index contributed by atoms with van der Waals surface area (Å²) in [5, 5.41) is 13.0. The number of nitrogens with one attached hydrogen (secondary N) is 2. The summed E-state index contributed by atoms with van der Waals surface area (Å²) in [6.07, 6.45) is 2.63. The van der Waals surface area contributed by atoms with E-state index >= 15 is 0 Å². The van der Waals surface area contributed by atoms with E-state index in [1.165, 1.54) is 17.4 Å². The number of rotatable bonds is 9. The van der Waals surface area contributed by atoms with E-state index in [1.807, 2.05) is 36.4 Å². The lowest BCUT2D eigenvalue weighted by Gasteiger charge is -2.45. The Hall–Kier alpha value is -2.97. The van der Waals surface area contributed by atoms with E-state index in [2.05, 4.69) is 21.0 Å². The minimum absolute atomic E-state index is 0.0493. The Labute approximate surface area is 210 Å². The van der Waals surface area contributed by atoms with Crippen molar-refractivity contribution < 1.29 is 12.8 Å². The molecular weight excluding hydrogens is 478 g/mol. The monoisotopic (exact) mass is 509 g/mol. The maximum atomic E-state index is 12.6. The summed E-state index contributed by atoms with van der Waals surface area (Å²) in [5.41, 5.74) is 3.98. The third kappa shape index (κ3) is 5.39. The van der Waals surface area contributed by atoms with Crippen LogP contribution in [0.15, 0.2) is 51.7 Å². The molecule has 1 aromatic heterocycles. The highest BCUT2D eigenvalue weighted by Gasteiger charge is 2.33. The normalized spacial score (nSPS) is 22.5. The molecule has 9 nitrogen and oxygen atoms in total. The number of sulfonamides is 1. The van der Waals surface area contributed by atoms with Gasteiger partial charge in [-0.1, -0.05) is 30.3 Å². The highest BCUT2D eigenvalue weighted by atomic mass is 32.2. The molecule has 0 spiro atoms. The average Bonchev–Trinajstić information content (AvgIpc) is 3.17. The largest absolute Gasteiger partial charge is 0.419 e. The maximum Gasteiger partial charge on any atom is 0.419 e. The van der Waals surface area contributed by atoms with E-state index in [9.17, 15) is 18.5 Å². The molecule has 0 radical (unpaired) electrons. The predicted molar refractivity (Wildman–Crippen MR) is 138 cm³/mol. The number of hydrogen-bond donors (Lipinski definition) is 2. The molecule has 4 heterocycles. The van der Waals surface area contributed by atoms with E-state index < -0.39 is 21.8 Å². The lowest BCUT2D eigenvalue weighted by atomic mass is 9.84. The molecule has 3 fully saturated rings. The van der Waals surface area contributed by atoms with Crippen molar-refractivity contribution in [3.63, 3.8) is 0 Å². The first kappa shape index (κ1) is 24.7. The topological polar surface area (TPSA) is 120 Å². The first-order valence-electron chi connectivity index (χ1n) is 12.4. The van der Waals surface area contributed by atoms with Gasteiger partial charge in [-0.2, -0.15) is 9.98 Å². The van der Waals surface area contributed by atoms with Crippen LogP contribution in [0.4, 0.5) is 0 Å². The summed E-state index contributed by atoms with van der Waals surface area (Å²) < 4.78 is 34.4. The molecule has 2 N–H and O–H groups in total. The van der Waals surface area contributed by atoms with E-state index in [1.54, 1.807) is 13.1 Å². The highest BCUT2D eigenvalue weighted by molar-refractivity contribution is 7.89. The molecule has 2 atom stereocenters. The van der Waals surface area contributed by atoms with Crippen LogP contribution in [-0.4, -0.2) is 61.9 Å². The van der Waals surface area contributed by atoms with Gasteiger partial charge >= 0.3 is 5.76 Å². The molecule has 10 heteroatoms. The fourth-order valence-electron chi connectivity index (χ4n) is 5.34. The van der Waals surface area contributed by atoms with Crippen molar-refractivity contribution in [3.8, 4) is 17.2 Å². The van der Waals surface area contributed by atoms with E-state index in [0.29, 0.717) is 29.6 Å². The molecule has 3 saturated heterocycles. The number of benzene rings is 2. The van der Waals surface area contributed by atoms with Gasteiger partial charge < -0.3 is 14.6 Å². The molecule has 6 rings (SSSR count). The molecule has 190 valence electrons. The van der Waals surface area contributed by atoms with Gasteiger partial charge in [0.15, 0.2) is 5.58 Å². The molecule has 0 aliphatic carbocycles. The Morgan fingerprint density at radius 3 is 2.53 bits per heavy atom. The molecule has 2 bridgehead atoms. The number of oxazole rings is 1. The second kappa shape index (κ2) is 10.2. The summed E-state index contributed by atoms with van der Waals surface area (Å²) >= 11 is 0. The third-order valence-electron chi connectivity index (χ3n) is 7.43. The SMILES string of the molecule is Cn1c(=O)oc2ccc(-c3ccc(CC(C#N)NS(=O)(=O)CCNC4CN5CCC4CC5)cc3)cc21. The third-order valence-corrected chi connectivity index (χ3v) is 8.81. The van der Waals surface area contributed by atoms with Crippen LogP contribution in [-0.2, 0) is 23.5 Å². The van der Waals surface area contributed by atoms with Gasteiger partial charge in [-0.25, -0.2) is 13.2 Å². The standard InChI is InChI=1S/C26H31N5O4S/c1-30-24-15-21(6-7-25(24)35-26(30)32)19-4-2-18(3-5-19)14-22(16-27)29-36(33,34)13-10-28-23-17-31-11-8-20(23)9-12-31/h2-7,15,20,22-23,28-29H,8-14,17H2,1H3. The molecule has 3 aliphatic rings. The second-order valence-corrected chi connectivity index (χ2v) is 11.7. The molecule has 0 amide bonds. The zero-order valence-electron chi connectivity index (χ0n) is 20.3. The molecule has 2 aromatic carbocycles. The minimum Gasteiger partial charge on any atom is -0.408 e. The first-order chi connectivity index (χ1) is 17.3. The fourth-order valence-corrected chi connectivity index (χ4v) is 6.41. The minimum atomic E-state index is -3.59. The van der Waals surface area contributed by atoms with Crippen molar-refractivity contribution in [3.05, 3.63) is 58.6 Å². The van der Waals surface area contributed by atoms with Crippen molar-refractivity contribution in [2.75, 3.05) is 31.9 Å². The van der Waals surface area contributed by atoms with Crippen LogP contribution in [0.3, 0.4) is 0 Å². The van der Waals surface area contributed by atoms with Crippen molar-refractivity contribution >= 4 is 21.1 Å². The van der Waals surface area contributed by atoms with Crippen LogP contribution in [0.2, 0.25) is 0 Å². The average molecular weight is 510 g/mol. The van der Waals surface area contributed by atoms with Crippen LogP contribution in [0.25, 0.3) is 22.2 Å². The van der Waals surface area contributed by atoms with E-state index in [4.69, 9.17) is 4.42 Å². The smallest absolute Gasteiger partial charge is 0.408 e. The molecule has 3 aromatic rings. The van der Waals surface area contributed by atoms with Gasteiger partial charge in [0, 0.05) is 32.6 Å². The van der Waals surface area contributed by atoms with Gasteiger partial charge in [0.2, 0.25) is 10.0 Å². The Balaban J connectivity index is 1.17. The van der Waals surface area contributed by atoms with Crippen molar-refractivity contribution in [2.45, 2.75) is 31.3 Å². The van der Waals surface area contributed by atoms with Crippen molar-refractivity contribution in [1.82, 2.24) is 19.5 Å². The van der Waals surface area contributed by atoms with Crippen LogP contribution in [0.1, 0.15) is 18.4 Å². The lowest BCUT2D eigenvalue weighted by molar-refractivity contribution is 0.0738. The van der Waals surface area contributed by atoms with Crippen molar-refractivity contribution in [2.24, 2.45) is 13.0 Å². The number of aryl methyl sites for hydroxylation is 1. The lowest BCUT2D eigenvalue weighted by Crippen LogP contribution is -2.56. The molecule has 2 unspecified atom stereocenters. The van der Waals surface area contributed by atoms with Gasteiger partial charge in [-0.05, 0) is 60.7 Å². The van der Waals surface area contributed by atoms with Gasteiger partial charge in [-0.3, -0.25) is 4.57 Å². The zero-order valence-corrected chi connectivity index (χ0v) is 21.1. The quantitative estimate of drug-likeness (QED) is 0.452.